The number of hydrogen-bond acceptors (Lipinski definition) is 3. The van der Waals surface area contributed by atoms with Crippen LogP contribution in [0.4, 0.5) is 0 Å². The van der Waals surface area contributed by atoms with E-state index in [0.29, 0.717) is 41.2 Å². The van der Waals surface area contributed by atoms with E-state index in [1.54, 1.807) is 12.1 Å². The van der Waals surface area contributed by atoms with Crippen molar-refractivity contribution in [2.45, 2.75) is 44.6 Å². The van der Waals surface area contributed by atoms with Gasteiger partial charge in [0.15, 0.2) is 0 Å². The minimum atomic E-state index is -0.908. The summed E-state index contributed by atoms with van der Waals surface area (Å²) in [5, 5.41) is 11.4. The van der Waals surface area contributed by atoms with Crippen LogP contribution >= 0.6 is 11.6 Å². The molecule has 2 heterocycles. The molecule has 4 aromatic rings. The fraction of sp³-hybridized carbons (Fsp3) is 0.276. The van der Waals surface area contributed by atoms with Crippen molar-refractivity contribution in [3.63, 3.8) is 0 Å². The van der Waals surface area contributed by atoms with Gasteiger partial charge in [-0.2, -0.15) is 0 Å². The van der Waals surface area contributed by atoms with Gasteiger partial charge in [0.2, 0.25) is 0 Å². The number of carbonyl (C=O) groups is 1. The molecule has 0 bridgehead atoms. The second-order valence-electron chi connectivity index (χ2n) is 9.35. The molecule has 6 heteroatoms. The van der Waals surface area contributed by atoms with Gasteiger partial charge < -0.3 is 19.1 Å². The number of aromatic nitrogens is 1. The zero-order valence-electron chi connectivity index (χ0n) is 19.3. The summed E-state index contributed by atoms with van der Waals surface area (Å²) in [6.07, 6.45) is 6.02. The monoisotopic (exact) mass is 487 g/mol. The molecular formula is C29H26ClNO4. The number of benzene rings is 3. The van der Waals surface area contributed by atoms with E-state index >= 15 is 0 Å². The highest BCUT2D eigenvalue weighted by Gasteiger charge is 2.29. The molecular weight excluding hydrogens is 462 g/mol. The van der Waals surface area contributed by atoms with Gasteiger partial charge in [-0.3, -0.25) is 0 Å². The van der Waals surface area contributed by atoms with E-state index in [2.05, 4.69) is 10.6 Å². The van der Waals surface area contributed by atoms with E-state index in [1.807, 2.05) is 42.5 Å². The lowest BCUT2D eigenvalue weighted by molar-refractivity contribution is 0.0697. The lowest BCUT2D eigenvalue weighted by atomic mass is 9.81. The smallest absolute Gasteiger partial charge is 0.335 e. The maximum Gasteiger partial charge on any atom is 0.335 e. The number of aromatic carboxylic acids is 1. The molecule has 1 saturated carbocycles. The van der Waals surface area contributed by atoms with E-state index < -0.39 is 5.97 Å². The number of rotatable bonds is 4. The highest BCUT2D eigenvalue weighted by Crippen LogP contribution is 2.48. The van der Waals surface area contributed by atoms with Gasteiger partial charge >= 0.3 is 5.97 Å². The number of halogens is 1. The Kier molecular flexibility index (Phi) is 5.65. The van der Waals surface area contributed by atoms with Crippen LogP contribution in [0.1, 0.15) is 53.9 Å². The Morgan fingerprint density at radius 3 is 2.63 bits per heavy atom. The van der Waals surface area contributed by atoms with E-state index in [4.69, 9.17) is 21.1 Å². The summed E-state index contributed by atoms with van der Waals surface area (Å²) in [4.78, 5) is 11.7. The summed E-state index contributed by atoms with van der Waals surface area (Å²) >= 11 is 6.12. The van der Waals surface area contributed by atoms with E-state index in [1.165, 1.54) is 24.8 Å². The van der Waals surface area contributed by atoms with Crippen LogP contribution in [0, 0.1) is 0 Å². The van der Waals surface area contributed by atoms with Crippen LogP contribution in [0.15, 0.2) is 60.7 Å². The van der Waals surface area contributed by atoms with Crippen LogP contribution in [0.3, 0.4) is 0 Å². The lowest BCUT2D eigenvalue weighted by Gasteiger charge is -2.23. The Labute approximate surface area is 208 Å². The first-order valence-corrected chi connectivity index (χ1v) is 12.6. The Bertz CT molecular complexity index is 1430. The third-order valence-corrected chi connectivity index (χ3v) is 7.41. The van der Waals surface area contributed by atoms with Crippen LogP contribution in [0.2, 0.25) is 5.02 Å². The van der Waals surface area contributed by atoms with Gasteiger partial charge in [-0.1, -0.05) is 43.0 Å². The van der Waals surface area contributed by atoms with Crippen LogP contribution in [0.25, 0.3) is 22.2 Å². The molecule has 0 atom stereocenters. The standard InChI is InChI=1S/C29H26ClNO4/c30-20-7-4-8-21(16-20)35-22-10-12-24-26(17-22)34-14-13-31-25-15-19(29(32)33)9-11-23(25)27(28(24)31)18-5-2-1-3-6-18/h4,7-12,15-18H,1-3,5-6,13-14H2,(H,32,33). The maximum absolute atomic E-state index is 11.7. The first-order chi connectivity index (χ1) is 17.1. The summed E-state index contributed by atoms with van der Waals surface area (Å²) in [5.74, 6) is 1.68. The van der Waals surface area contributed by atoms with Crippen LogP contribution in [-0.4, -0.2) is 22.2 Å². The maximum atomic E-state index is 11.7. The summed E-state index contributed by atoms with van der Waals surface area (Å²) in [6.45, 7) is 1.15. The van der Waals surface area contributed by atoms with Gasteiger partial charge in [0.05, 0.1) is 17.8 Å². The zero-order chi connectivity index (χ0) is 23.9. The van der Waals surface area contributed by atoms with Crippen molar-refractivity contribution in [3.05, 3.63) is 76.8 Å². The largest absolute Gasteiger partial charge is 0.491 e. The number of fused-ring (bicyclic) bond motifs is 5. The molecule has 1 fully saturated rings. The van der Waals surface area contributed by atoms with Gasteiger partial charge in [-0.25, -0.2) is 4.79 Å². The minimum absolute atomic E-state index is 0.309. The molecule has 1 aliphatic heterocycles. The molecule has 5 nitrogen and oxygen atoms in total. The molecule has 0 spiro atoms. The highest BCUT2D eigenvalue weighted by atomic mass is 35.5. The Hall–Kier alpha value is -3.44. The predicted molar refractivity (Wildman–Crippen MR) is 137 cm³/mol. The molecule has 1 aromatic heterocycles. The quantitative estimate of drug-likeness (QED) is 0.318. The molecule has 178 valence electrons. The molecule has 1 N–H and O–H groups in total. The average Bonchev–Trinajstić information content (AvgIpc) is 3.06. The lowest BCUT2D eigenvalue weighted by Crippen LogP contribution is -2.07. The van der Waals surface area contributed by atoms with E-state index in [-0.39, 0.29) is 0 Å². The number of hydrogen-bond donors (Lipinski definition) is 1. The van der Waals surface area contributed by atoms with Gasteiger partial charge in [-0.15, -0.1) is 0 Å². The Balaban J connectivity index is 1.51. The van der Waals surface area contributed by atoms with Crippen molar-refractivity contribution >= 4 is 28.5 Å². The summed E-state index contributed by atoms with van der Waals surface area (Å²) in [7, 11) is 0. The van der Waals surface area contributed by atoms with Gasteiger partial charge in [0, 0.05) is 27.6 Å². The molecule has 0 radical (unpaired) electrons. The van der Waals surface area contributed by atoms with Crippen LogP contribution < -0.4 is 9.47 Å². The third kappa shape index (κ3) is 4.04. The van der Waals surface area contributed by atoms with Crippen molar-refractivity contribution < 1.29 is 19.4 Å². The van der Waals surface area contributed by atoms with Crippen molar-refractivity contribution in [2.24, 2.45) is 0 Å². The van der Waals surface area contributed by atoms with Crippen LogP contribution in [-0.2, 0) is 6.54 Å². The first-order valence-electron chi connectivity index (χ1n) is 12.2. The van der Waals surface area contributed by atoms with E-state index in [0.717, 1.165) is 40.8 Å². The highest BCUT2D eigenvalue weighted by molar-refractivity contribution is 6.30. The number of carboxylic acid groups (broad SMARTS) is 1. The molecule has 0 unspecified atom stereocenters. The van der Waals surface area contributed by atoms with Crippen molar-refractivity contribution in [3.8, 4) is 28.5 Å². The number of ether oxygens (including phenoxy) is 2. The molecule has 6 rings (SSSR count). The third-order valence-electron chi connectivity index (χ3n) is 7.18. The van der Waals surface area contributed by atoms with Gasteiger partial charge in [-0.05, 0) is 66.8 Å². The SMILES string of the molecule is O=C(O)c1ccc2c(C3CCCCC3)c3n(c2c1)CCOc1cc(Oc2cccc(Cl)c2)ccc1-3. The van der Waals surface area contributed by atoms with Crippen molar-refractivity contribution in [1.29, 1.82) is 0 Å². The summed E-state index contributed by atoms with van der Waals surface area (Å²) in [5.41, 5.74) is 4.78. The average molecular weight is 488 g/mol. The van der Waals surface area contributed by atoms with Crippen molar-refractivity contribution in [2.75, 3.05) is 6.61 Å². The molecule has 1 aliphatic carbocycles. The predicted octanol–water partition coefficient (Wildman–Crippen LogP) is 7.89. The summed E-state index contributed by atoms with van der Waals surface area (Å²) < 4.78 is 14.5. The van der Waals surface area contributed by atoms with Gasteiger partial charge in [0.1, 0.15) is 23.9 Å². The van der Waals surface area contributed by atoms with Crippen LogP contribution in [0.5, 0.6) is 17.2 Å². The number of nitrogens with zero attached hydrogens (tertiary/aromatic N) is 1. The molecule has 0 amide bonds. The first kappa shape index (κ1) is 22.1. The Morgan fingerprint density at radius 1 is 1.00 bits per heavy atom. The number of carboxylic acids is 1. The Morgan fingerprint density at radius 2 is 1.83 bits per heavy atom. The molecule has 35 heavy (non-hydrogen) atoms. The molecule has 3 aromatic carbocycles. The topological polar surface area (TPSA) is 60.7 Å². The fourth-order valence-corrected chi connectivity index (χ4v) is 5.81. The van der Waals surface area contributed by atoms with Gasteiger partial charge in [0.25, 0.3) is 0 Å². The molecule has 0 saturated heterocycles. The second-order valence-corrected chi connectivity index (χ2v) is 9.79. The van der Waals surface area contributed by atoms with Crippen molar-refractivity contribution in [1.82, 2.24) is 4.57 Å². The summed E-state index contributed by atoms with van der Waals surface area (Å²) in [6, 6.07) is 18.8. The van der Waals surface area contributed by atoms with E-state index in [9.17, 15) is 9.90 Å². The fourth-order valence-electron chi connectivity index (χ4n) is 5.63. The zero-order valence-corrected chi connectivity index (χ0v) is 20.1. The minimum Gasteiger partial charge on any atom is -0.491 e. The molecule has 2 aliphatic rings. The second kappa shape index (κ2) is 8.97. The normalized spacial score (nSPS) is 15.7.